The fourth-order valence-corrected chi connectivity index (χ4v) is 3.22. The molecule has 0 aromatic carbocycles. The minimum Gasteiger partial charge on any atom is -0.349 e. The molecule has 1 atom stereocenters. The van der Waals surface area contributed by atoms with Gasteiger partial charge in [0.25, 0.3) is 11.5 Å². The Bertz CT molecular complexity index is 748. The van der Waals surface area contributed by atoms with Crippen molar-refractivity contribution in [1.82, 2.24) is 19.9 Å². The van der Waals surface area contributed by atoms with Crippen LogP contribution in [0.5, 0.6) is 0 Å². The summed E-state index contributed by atoms with van der Waals surface area (Å²) in [5, 5.41) is 7.96. The van der Waals surface area contributed by atoms with Gasteiger partial charge in [0.1, 0.15) is 5.56 Å². The number of amides is 1. The van der Waals surface area contributed by atoms with Crippen LogP contribution in [0.25, 0.3) is 4.96 Å². The first kappa shape index (κ1) is 18.4. The zero-order chi connectivity index (χ0) is 17.7. The van der Waals surface area contributed by atoms with Crippen molar-refractivity contribution in [2.75, 3.05) is 18.0 Å². The van der Waals surface area contributed by atoms with Gasteiger partial charge in [-0.05, 0) is 26.2 Å². The summed E-state index contributed by atoms with van der Waals surface area (Å²) in [4.78, 5) is 31.7. The van der Waals surface area contributed by atoms with Gasteiger partial charge >= 0.3 is 0 Å². The Balaban J connectivity index is 2.38. The molecule has 2 aromatic heterocycles. The van der Waals surface area contributed by atoms with E-state index in [1.165, 1.54) is 22.0 Å². The second kappa shape index (κ2) is 8.23. The van der Waals surface area contributed by atoms with Crippen LogP contribution in [-0.2, 0) is 0 Å². The number of rotatable bonds is 8. The predicted octanol–water partition coefficient (Wildman–Crippen LogP) is 2.31. The van der Waals surface area contributed by atoms with E-state index in [-0.39, 0.29) is 11.6 Å². The molecule has 1 N–H and O–H groups in total. The lowest BCUT2D eigenvalue weighted by Crippen LogP contribution is -2.36. The van der Waals surface area contributed by atoms with Crippen LogP contribution in [0.3, 0.4) is 0 Å². The number of fused-ring (bicyclic) bond motifs is 1. The van der Waals surface area contributed by atoms with Crippen LogP contribution in [0.4, 0.5) is 5.13 Å². The van der Waals surface area contributed by atoms with E-state index in [2.05, 4.69) is 34.1 Å². The Morgan fingerprint density at radius 1 is 1.33 bits per heavy atom. The van der Waals surface area contributed by atoms with Gasteiger partial charge in [-0.1, -0.05) is 32.1 Å². The Labute approximate surface area is 145 Å². The third-order valence-electron chi connectivity index (χ3n) is 3.77. The highest BCUT2D eigenvalue weighted by Crippen LogP contribution is 2.21. The number of nitrogens with zero attached hydrogens (tertiary/aromatic N) is 4. The maximum atomic E-state index is 12.6. The van der Waals surface area contributed by atoms with E-state index in [0.717, 1.165) is 37.5 Å². The summed E-state index contributed by atoms with van der Waals surface area (Å²) in [6, 6.07) is 0.00758. The summed E-state index contributed by atoms with van der Waals surface area (Å²) in [5.74, 6) is -0.398. The summed E-state index contributed by atoms with van der Waals surface area (Å²) >= 11 is 1.37. The smallest absolute Gasteiger partial charge is 0.288 e. The first-order valence-corrected chi connectivity index (χ1v) is 9.28. The van der Waals surface area contributed by atoms with Gasteiger partial charge in [0, 0.05) is 25.3 Å². The molecular formula is C16H25N5O2S. The maximum Gasteiger partial charge on any atom is 0.288 e. The molecule has 2 heterocycles. The van der Waals surface area contributed by atoms with Crippen molar-refractivity contribution in [2.45, 2.75) is 53.0 Å². The Kier molecular flexibility index (Phi) is 6.30. The van der Waals surface area contributed by atoms with Gasteiger partial charge in [-0.15, -0.1) is 5.10 Å². The molecule has 8 heteroatoms. The second-order valence-corrected chi connectivity index (χ2v) is 6.76. The normalized spacial score (nSPS) is 12.3. The molecule has 0 aliphatic heterocycles. The topological polar surface area (TPSA) is 79.6 Å². The number of carbonyl (C=O) groups is 1. The van der Waals surface area contributed by atoms with E-state index in [0.29, 0.717) is 4.96 Å². The highest BCUT2D eigenvalue weighted by molar-refractivity contribution is 7.20. The third kappa shape index (κ3) is 3.92. The van der Waals surface area contributed by atoms with E-state index in [9.17, 15) is 9.59 Å². The molecule has 0 aliphatic rings. The van der Waals surface area contributed by atoms with Crippen molar-refractivity contribution in [2.24, 2.45) is 0 Å². The molecule has 132 valence electrons. The zero-order valence-electron chi connectivity index (χ0n) is 14.7. The van der Waals surface area contributed by atoms with E-state index in [1.54, 1.807) is 0 Å². The first-order chi connectivity index (χ1) is 11.5. The van der Waals surface area contributed by atoms with Gasteiger partial charge in [0.15, 0.2) is 0 Å². The largest absolute Gasteiger partial charge is 0.349 e. The number of aromatic nitrogens is 3. The molecule has 7 nitrogen and oxygen atoms in total. The molecule has 2 rings (SSSR count). The molecule has 0 fully saturated rings. The molecule has 0 radical (unpaired) electrons. The van der Waals surface area contributed by atoms with E-state index in [1.807, 2.05) is 13.8 Å². The van der Waals surface area contributed by atoms with Gasteiger partial charge < -0.3 is 10.2 Å². The number of anilines is 1. The fourth-order valence-electron chi connectivity index (χ4n) is 2.31. The number of hydrogen-bond donors (Lipinski definition) is 1. The van der Waals surface area contributed by atoms with Crippen LogP contribution in [0.15, 0.2) is 11.0 Å². The summed E-state index contributed by atoms with van der Waals surface area (Å²) in [7, 11) is 0. The van der Waals surface area contributed by atoms with Crippen molar-refractivity contribution in [3.8, 4) is 0 Å². The van der Waals surface area contributed by atoms with Crippen molar-refractivity contribution >= 4 is 27.3 Å². The number of nitrogens with one attached hydrogen (secondary N) is 1. The molecular weight excluding hydrogens is 326 g/mol. The van der Waals surface area contributed by atoms with Crippen molar-refractivity contribution in [3.63, 3.8) is 0 Å². The van der Waals surface area contributed by atoms with Crippen LogP contribution in [-0.4, -0.2) is 39.6 Å². The van der Waals surface area contributed by atoms with Gasteiger partial charge in [0.2, 0.25) is 10.1 Å². The summed E-state index contributed by atoms with van der Waals surface area (Å²) in [5.41, 5.74) is -0.390. The van der Waals surface area contributed by atoms with Gasteiger partial charge in [-0.3, -0.25) is 9.59 Å². The van der Waals surface area contributed by atoms with E-state index >= 15 is 0 Å². The minimum atomic E-state index is -0.420. The molecule has 0 saturated carbocycles. The second-order valence-electron chi connectivity index (χ2n) is 5.83. The first-order valence-electron chi connectivity index (χ1n) is 8.46. The lowest BCUT2D eigenvalue weighted by Gasteiger charge is -2.19. The van der Waals surface area contributed by atoms with Crippen LogP contribution < -0.4 is 15.8 Å². The molecule has 0 bridgehead atoms. The SMILES string of the molecule is CCCN(CCC)c1nn2c(=O)c(C(=O)N[C@@H](C)CC)cnc2s1. The summed E-state index contributed by atoms with van der Waals surface area (Å²) in [6.45, 7) is 9.85. The van der Waals surface area contributed by atoms with Gasteiger partial charge in [-0.2, -0.15) is 4.52 Å². The maximum absolute atomic E-state index is 12.6. The van der Waals surface area contributed by atoms with Crippen LogP contribution >= 0.6 is 11.3 Å². The average molecular weight is 351 g/mol. The molecule has 0 spiro atoms. The molecule has 1 amide bonds. The monoisotopic (exact) mass is 351 g/mol. The Hall–Kier alpha value is -1.96. The van der Waals surface area contributed by atoms with E-state index < -0.39 is 11.5 Å². The molecule has 24 heavy (non-hydrogen) atoms. The van der Waals surface area contributed by atoms with Gasteiger partial charge in [0.05, 0.1) is 0 Å². The lowest BCUT2D eigenvalue weighted by molar-refractivity contribution is 0.0937. The molecule has 0 saturated heterocycles. The summed E-state index contributed by atoms with van der Waals surface area (Å²) in [6.07, 6.45) is 4.15. The van der Waals surface area contributed by atoms with Crippen LogP contribution in [0.2, 0.25) is 0 Å². The van der Waals surface area contributed by atoms with Crippen molar-refractivity contribution in [3.05, 3.63) is 22.1 Å². The Morgan fingerprint density at radius 2 is 2.00 bits per heavy atom. The number of hydrogen-bond acceptors (Lipinski definition) is 6. The fraction of sp³-hybridized carbons (Fsp3) is 0.625. The quantitative estimate of drug-likeness (QED) is 0.789. The van der Waals surface area contributed by atoms with Crippen LogP contribution in [0, 0.1) is 0 Å². The molecule has 2 aromatic rings. The van der Waals surface area contributed by atoms with Crippen LogP contribution in [0.1, 0.15) is 57.3 Å². The van der Waals surface area contributed by atoms with Gasteiger partial charge in [-0.25, -0.2) is 4.98 Å². The third-order valence-corrected chi connectivity index (χ3v) is 4.75. The minimum absolute atomic E-state index is 0.00758. The van der Waals surface area contributed by atoms with Crippen molar-refractivity contribution in [1.29, 1.82) is 0 Å². The highest BCUT2D eigenvalue weighted by atomic mass is 32.1. The highest BCUT2D eigenvalue weighted by Gasteiger charge is 2.18. The van der Waals surface area contributed by atoms with E-state index in [4.69, 9.17) is 0 Å². The molecule has 0 unspecified atom stereocenters. The molecule has 0 aliphatic carbocycles. The average Bonchev–Trinajstić information content (AvgIpc) is 2.99. The lowest BCUT2D eigenvalue weighted by atomic mass is 10.2. The predicted molar refractivity (Wildman–Crippen MR) is 97.1 cm³/mol. The standard InChI is InChI=1S/C16H25N5O2S/c1-5-8-20(9-6-2)16-19-21-14(23)12(10-17-15(21)24-16)13(22)18-11(4)7-3/h10-11H,5-9H2,1-4H3,(H,18,22)/t11-/m0/s1. The Morgan fingerprint density at radius 3 is 2.58 bits per heavy atom. The van der Waals surface area contributed by atoms with Crippen molar-refractivity contribution < 1.29 is 4.79 Å². The summed E-state index contributed by atoms with van der Waals surface area (Å²) < 4.78 is 1.24. The number of carbonyl (C=O) groups excluding carboxylic acids is 1. The zero-order valence-corrected chi connectivity index (χ0v) is 15.5.